The van der Waals surface area contributed by atoms with Gasteiger partial charge in [-0.3, -0.25) is 0 Å². The third-order valence-corrected chi connectivity index (χ3v) is 3.71. The molecule has 5 nitrogen and oxygen atoms in total. The normalized spacial score (nSPS) is 12.3. The van der Waals surface area contributed by atoms with Gasteiger partial charge >= 0.3 is 0 Å². The zero-order chi connectivity index (χ0) is 15.1. The van der Waals surface area contributed by atoms with E-state index in [1.54, 1.807) is 11.0 Å². The summed E-state index contributed by atoms with van der Waals surface area (Å²) in [6.07, 6.45) is 8.06. The van der Waals surface area contributed by atoms with E-state index in [9.17, 15) is 0 Å². The summed E-state index contributed by atoms with van der Waals surface area (Å²) in [5.74, 6) is 0. The zero-order valence-electron chi connectivity index (χ0n) is 13.2. The highest BCUT2D eigenvalue weighted by atomic mass is 15.5. The number of tetrazole rings is 1. The number of hydrogen-bond donors (Lipinski definition) is 1. The van der Waals surface area contributed by atoms with E-state index in [1.807, 2.05) is 0 Å². The van der Waals surface area contributed by atoms with Gasteiger partial charge in [0.05, 0.1) is 5.69 Å². The molecule has 0 bridgehead atoms. The maximum absolute atomic E-state index is 3.97. The molecule has 0 spiro atoms. The van der Waals surface area contributed by atoms with Crippen LogP contribution in [0.1, 0.15) is 51.5 Å². The predicted octanol–water partition coefficient (Wildman–Crippen LogP) is 3.74. The lowest BCUT2D eigenvalue weighted by atomic mass is 10.1. The number of unbranched alkanes of at least 4 members (excludes halogenated alkanes) is 3. The van der Waals surface area contributed by atoms with Crippen LogP contribution >= 0.6 is 0 Å². The molecule has 5 heteroatoms. The van der Waals surface area contributed by atoms with Crippen LogP contribution in [0.5, 0.6) is 0 Å². The van der Waals surface area contributed by atoms with Crippen LogP contribution in [-0.4, -0.2) is 26.2 Å². The van der Waals surface area contributed by atoms with E-state index in [0.29, 0.717) is 6.04 Å². The van der Waals surface area contributed by atoms with E-state index in [4.69, 9.17) is 0 Å². The summed E-state index contributed by atoms with van der Waals surface area (Å²) in [5.41, 5.74) is 3.29. The lowest BCUT2D eigenvalue weighted by molar-refractivity contribution is 0.594. The minimum Gasteiger partial charge on any atom is -0.383 e. The highest BCUT2D eigenvalue weighted by Gasteiger charge is 2.06. The fraction of sp³-hybridized carbons (Fsp3) is 0.562. The number of anilines is 1. The Morgan fingerprint density at radius 2 is 2.10 bits per heavy atom. The number of nitrogens with zero attached hydrogens (tertiary/aromatic N) is 4. The standard InChI is InChI=1S/C16H25N5/c1-4-5-6-7-8-14(3)18-15-10-9-13(2)16(11-15)21-12-17-19-20-21/h9-12,14,18H,4-8H2,1-3H3. The summed E-state index contributed by atoms with van der Waals surface area (Å²) in [7, 11) is 0. The van der Waals surface area contributed by atoms with Crippen molar-refractivity contribution in [3.8, 4) is 5.69 Å². The molecule has 0 fully saturated rings. The van der Waals surface area contributed by atoms with Crippen LogP contribution in [0.3, 0.4) is 0 Å². The summed E-state index contributed by atoms with van der Waals surface area (Å²) in [4.78, 5) is 0. The van der Waals surface area contributed by atoms with Gasteiger partial charge in [0.1, 0.15) is 6.33 Å². The molecule has 0 saturated heterocycles. The van der Waals surface area contributed by atoms with Gasteiger partial charge in [0.2, 0.25) is 0 Å². The molecule has 0 aliphatic rings. The fourth-order valence-electron chi connectivity index (χ4n) is 2.45. The van der Waals surface area contributed by atoms with Crippen LogP contribution in [-0.2, 0) is 0 Å². The highest BCUT2D eigenvalue weighted by molar-refractivity contribution is 5.54. The molecule has 1 aromatic heterocycles. The second-order valence-corrected chi connectivity index (χ2v) is 5.65. The van der Waals surface area contributed by atoms with Crippen LogP contribution in [0.15, 0.2) is 24.5 Å². The first-order valence-electron chi connectivity index (χ1n) is 7.81. The van der Waals surface area contributed by atoms with Gasteiger partial charge in [0.15, 0.2) is 0 Å². The summed E-state index contributed by atoms with van der Waals surface area (Å²) in [6, 6.07) is 6.80. The van der Waals surface area contributed by atoms with Crippen molar-refractivity contribution in [2.45, 2.75) is 58.9 Å². The van der Waals surface area contributed by atoms with Crippen LogP contribution in [0.2, 0.25) is 0 Å². The number of aromatic nitrogens is 4. The second kappa shape index (κ2) is 7.76. The van der Waals surface area contributed by atoms with E-state index in [2.05, 4.69) is 59.8 Å². The maximum Gasteiger partial charge on any atom is 0.143 e. The topological polar surface area (TPSA) is 55.6 Å². The molecule has 1 unspecified atom stereocenters. The van der Waals surface area contributed by atoms with Crippen molar-refractivity contribution in [3.63, 3.8) is 0 Å². The van der Waals surface area contributed by atoms with Crippen LogP contribution in [0.25, 0.3) is 5.69 Å². The minimum absolute atomic E-state index is 0.478. The molecule has 0 aliphatic carbocycles. The molecule has 114 valence electrons. The number of benzene rings is 1. The molecule has 0 amide bonds. The predicted molar refractivity (Wildman–Crippen MR) is 85.7 cm³/mol. The van der Waals surface area contributed by atoms with Gasteiger partial charge in [0.25, 0.3) is 0 Å². The Morgan fingerprint density at radius 1 is 1.24 bits per heavy atom. The van der Waals surface area contributed by atoms with Crippen molar-refractivity contribution in [2.24, 2.45) is 0 Å². The van der Waals surface area contributed by atoms with Crippen LogP contribution in [0.4, 0.5) is 5.69 Å². The van der Waals surface area contributed by atoms with Crippen molar-refractivity contribution in [1.29, 1.82) is 0 Å². The van der Waals surface area contributed by atoms with Crippen molar-refractivity contribution in [3.05, 3.63) is 30.1 Å². The van der Waals surface area contributed by atoms with Gasteiger partial charge in [0, 0.05) is 11.7 Å². The van der Waals surface area contributed by atoms with Crippen molar-refractivity contribution in [1.82, 2.24) is 20.2 Å². The summed E-state index contributed by atoms with van der Waals surface area (Å²) in [6.45, 7) is 6.55. The first-order chi connectivity index (χ1) is 10.2. The molecule has 1 heterocycles. The first kappa shape index (κ1) is 15.5. The summed E-state index contributed by atoms with van der Waals surface area (Å²) >= 11 is 0. The Bertz CT molecular complexity index is 536. The van der Waals surface area contributed by atoms with Crippen molar-refractivity contribution >= 4 is 5.69 Å². The van der Waals surface area contributed by atoms with E-state index >= 15 is 0 Å². The minimum atomic E-state index is 0.478. The van der Waals surface area contributed by atoms with E-state index in [0.717, 1.165) is 16.9 Å². The fourth-order valence-corrected chi connectivity index (χ4v) is 2.45. The molecule has 2 aromatic rings. The summed E-state index contributed by atoms with van der Waals surface area (Å²) in [5, 5.41) is 14.9. The zero-order valence-corrected chi connectivity index (χ0v) is 13.2. The molecule has 2 rings (SSSR count). The maximum atomic E-state index is 3.97. The van der Waals surface area contributed by atoms with Gasteiger partial charge in [-0.15, -0.1) is 5.10 Å². The van der Waals surface area contributed by atoms with E-state index < -0.39 is 0 Å². The van der Waals surface area contributed by atoms with Gasteiger partial charge in [-0.2, -0.15) is 0 Å². The Morgan fingerprint density at radius 3 is 2.81 bits per heavy atom. The SMILES string of the molecule is CCCCCCC(C)Nc1ccc(C)c(-n2cnnn2)c1. The first-order valence-corrected chi connectivity index (χ1v) is 7.81. The van der Waals surface area contributed by atoms with Crippen molar-refractivity contribution < 1.29 is 0 Å². The number of hydrogen-bond acceptors (Lipinski definition) is 4. The molecule has 21 heavy (non-hydrogen) atoms. The molecule has 1 aromatic carbocycles. The second-order valence-electron chi connectivity index (χ2n) is 5.65. The number of nitrogens with one attached hydrogen (secondary N) is 1. The molecule has 1 atom stereocenters. The monoisotopic (exact) mass is 287 g/mol. The average Bonchev–Trinajstić information content (AvgIpc) is 3.00. The largest absolute Gasteiger partial charge is 0.383 e. The summed E-state index contributed by atoms with van der Waals surface area (Å²) < 4.78 is 1.70. The molecular weight excluding hydrogens is 262 g/mol. The molecular formula is C16H25N5. The number of rotatable bonds is 8. The Balaban J connectivity index is 1.96. The van der Waals surface area contributed by atoms with Gasteiger partial charge in [-0.25, -0.2) is 4.68 Å². The van der Waals surface area contributed by atoms with Crippen LogP contribution < -0.4 is 5.32 Å². The third kappa shape index (κ3) is 4.55. The van der Waals surface area contributed by atoms with Gasteiger partial charge in [-0.05, 0) is 48.4 Å². The Labute approximate surface area is 126 Å². The van der Waals surface area contributed by atoms with E-state index in [-0.39, 0.29) is 0 Å². The molecule has 0 aliphatic heterocycles. The molecule has 1 N–H and O–H groups in total. The van der Waals surface area contributed by atoms with E-state index in [1.165, 1.54) is 32.1 Å². The molecule has 0 radical (unpaired) electrons. The molecule has 0 saturated carbocycles. The van der Waals surface area contributed by atoms with Crippen LogP contribution in [0, 0.1) is 6.92 Å². The lowest BCUT2D eigenvalue weighted by Gasteiger charge is -2.16. The average molecular weight is 287 g/mol. The van der Waals surface area contributed by atoms with Gasteiger partial charge in [-0.1, -0.05) is 38.7 Å². The van der Waals surface area contributed by atoms with Crippen molar-refractivity contribution in [2.75, 3.05) is 5.32 Å². The quantitative estimate of drug-likeness (QED) is 0.751. The van der Waals surface area contributed by atoms with Gasteiger partial charge < -0.3 is 5.32 Å². The third-order valence-electron chi connectivity index (χ3n) is 3.71. The highest BCUT2D eigenvalue weighted by Crippen LogP contribution is 2.20. The number of aryl methyl sites for hydroxylation is 1. The smallest absolute Gasteiger partial charge is 0.143 e. The Hall–Kier alpha value is -1.91. The lowest BCUT2D eigenvalue weighted by Crippen LogP contribution is -2.15. The Kier molecular flexibility index (Phi) is 5.72.